The van der Waals surface area contributed by atoms with E-state index in [1.165, 1.54) is 25.7 Å². The lowest BCUT2D eigenvalue weighted by molar-refractivity contribution is 0.283. The van der Waals surface area contributed by atoms with Crippen molar-refractivity contribution in [3.05, 3.63) is 0 Å². The smallest absolute Gasteiger partial charge is 0.0118 e. The molecular formula is C11H24N2. The maximum absolute atomic E-state index is 5.45. The average Bonchev–Trinajstić information content (AvgIpc) is 2.40. The average molecular weight is 184 g/mol. The molecule has 0 aromatic rings. The maximum Gasteiger partial charge on any atom is 0.0118 e. The molecule has 1 fully saturated rings. The molecule has 2 heteroatoms. The Morgan fingerprint density at radius 3 is 2.69 bits per heavy atom. The molecule has 1 rings (SSSR count). The second-order valence-electron chi connectivity index (χ2n) is 4.88. The largest absolute Gasteiger partial charge is 0.330 e. The van der Waals surface area contributed by atoms with Crippen LogP contribution in [-0.4, -0.2) is 19.1 Å². The van der Waals surface area contributed by atoms with Crippen LogP contribution in [0, 0.1) is 5.41 Å². The van der Waals surface area contributed by atoms with Crippen LogP contribution in [0.3, 0.4) is 0 Å². The highest BCUT2D eigenvalue weighted by atomic mass is 14.9. The van der Waals surface area contributed by atoms with Gasteiger partial charge in [0.05, 0.1) is 0 Å². The number of hydrogen-bond acceptors (Lipinski definition) is 2. The van der Waals surface area contributed by atoms with Gasteiger partial charge in [-0.1, -0.05) is 20.3 Å². The molecule has 1 aliphatic carbocycles. The standard InChI is InChI=1S/C11H24N2/c1-11(2)7-5-6-10(11)13-9-4-3-8-12/h10,13H,3-9,12H2,1-2H3. The van der Waals surface area contributed by atoms with Crippen molar-refractivity contribution in [1.29, 1.82) is 0 Å². The Bertz CT molecular complexity index is 143. The van der Waals surface area contributed by atoms with Gasteiger partial charge in [-0.3, -0.25) is 0 Å². The van der Waals surface area contributed by atoms with Crippen molar-refractivity contribution in [2.24, 2.45) is 11.1 Å². The third-order valence-corrected chi connectivity index (χ3v) is 3.28. The predicted octanol–water partition coefficient (Wildman–Crippen LogP) is 1.89. The van der Waals surface area contributed by atoms with Crippen molar-refractivity contribution >= 4 is 0 Å². The normalized spacial score (nSPS) is 26.5. The van der Waals surface area contributed by atoms with Crippen molar-refractivity contribution < 1.29 is 0 Å². The Hall–Kier alpha value is -0.0800. The molecule has 3 N–H and O–H groups in total. The molecule has 0 heterocycles. The van der Waals surface area contributed by atoms with E-state index < -0.39 is 0 Å². The van der Waals surface area contributed by atoms with Crippen molar-refractivity contribution in [1.82, 2.24) is 5.32 Å². The Labute approximate surface area is 82.3 Å². The highest BCUT2D eigenvalue weighted by Crippen LogP contribution is 2.36. The van der Waals surface area contributed by atoms with E-state index >= 15 is 0 Å². The third kappa shape index (κ3) is 3.28. The van der Waals surface area contributed by atoms with Crippen LogP contribution in [0.4, 0.5) is 0 Å². The summed E-state index contributed by atoms with van der Waals surface area (Å²) < 4.78 is 0. The Kier molecular flexibility index (Phi) is 4.20. The van der Waals surface area contributed by atoms with Crippen LogP contribution in [0.5, 0.6) is 0 Å². The minimum absolute atomic E-state index is 0.517. The zero-order valence-corrected chi connectivity index (χ0v) is 9.10. The number of rotatable bonds is 5. The summed E-state index contributed by atoms with van der Waals surface area (Å²) in [5.41, 5.74) is 5.96. The van der Waals surface area contributed by atoms with Crippen molar-refractivity contribution in [2.45, 2.75) is 52.0 Å². The number of hydrogen-bond donors (Lipinski definition) is 2. The molecule has 1 aliphatic rings. The molecule has 0 bridgehead atoms. The summed E-state index contributed by atoms with van der Waals surface area (Å²) in [5.74, 6) is 0. The van der Waals surface area contributed by atoms with Crippen molar-refractivity contribution in [2.75, 3.05) is 13.1 Å². The quantitative estimate of drug-likeness (QED) is 0.640. The second kappa shape index (κ2) is 4.97. The highest BCUT2D eigenvalue weighted by Gasteiger charge is 2.33. The molecule has 13 heavy (non-hydrogen) atoms. The zero-order chi connectivity index (χ0) is 9.73. The van der Waals surface area contributed by atoms with Gasteiger partial charge >= 0.3 is 0 Å². The molecule has 78 valence electrons. The molecule has 0 aromatic carbocycles. The highest BCUT2D eigenvalue weighted by molar-refractivity contribution is 4.89. The van der Waals surface area contributed by atoms with Crippen LogP contribution in [0.25, 0.3) is 0 Å². The molecule has 1 unspecified atom stereocenters. The summed E-state index contributed by atoms with van der Waals surface area (Å²) in [6, 6.07) is 0.741. The molecule has 2 nitrogen and oxygen atoms in total. The van der Waals surface area contributed by atoms with Crippen LogP contribution in [-0.2, 0) is 0 Å². The monoisotopic (exact) mass is 184 g/mol. The lowest BCUT2D eigenvalue weighted by Crippen LogP contribution is -2.38. The van der Waals surface area contributed by atoms with Gasteiger partial charge in [-0.25, -0.2) is 0 Å². The van der Waals surface area contributed by atoms with E-state index in [1.54, 1.807) is 0 Å². The number of unbranched alkanes of at least 4 members (excludes halogenated alkanes) is 1. The third-order valence-electron chi connectivity index (χ3n) is 3.28. The second-order valence-corrected chi connectivity index (χ2v) is 4.88. The first-order chi connectivity index (χ1) is 6.17. The zero-order valence-electron chi connectivity index (χ0n) is 9.10. The summed E-state index contributed by atoms with van der Waals surface area (Å²) in [7, 11) is 0. The summed E-state index contributed by atoms with van der Waals surface area (Å²) in [6.07, 6.45) is 6.50. The van der Waals surface area contributed by atoms with Crippen molar-refractivity contribution in [3.8, 4) is 0 Å². The van der Waals surface area contributed by atoms with Gasteiger partial charge < -0.3 is 11.1 Å². The van der Waals surface area contributed by atoms with E-state index in [9.17, 15) is 0 Å². The van der Waals surface area contributed by atoms with E-state index in [2.05, 4.69) is 19.2 Å². The van der Waals surface area contributed by atoms with Gasteiger partial charge in [-0.2, -0.15) is 0 Å². The number of nitrogens with two attached hydrogens (primary N) is 1. The molecule has 1 saturated carbocycles. The van der Waals surface area contributed by atoms with Crippen LogP contribution < -0.4 is 11.1 Å². The SMILES string of the molecule is CC1(C)CCCC1NCCCCN. The molecular weight excluding hydrogens is 160 g/mol. The topological polar surface area (TPSA) is 38.0 Å². The van der Waals surface area contributed by atoms with Gasteiger partial charge in [0.25, 0.3) is 0 Å². The summed E-state index contributed by atoms with van der Waals surface area (Å²) in [6.45, 7) is 6.72. The lowest BCUT2D eigenvalue weighted by atomic mass is 9.87. The van der Waals surface area contributed by atoms with Gasteiger partial charge in [-0.05, 0) is 44.2 Å². The summed E-state index contributed by atoms with van der Waals surface area (Å²) in [5, 5.41) is 3.65. The molecule has 0 amide bonds. The fraction of sp³-hybridized carbons (Fsp3) is 1.00. The molecule has 1 atom stereocenters. The van der Waals surface area contributed by atoms with Crippen LogP contribution in [0.15, 0.2) is 0 Å². The first-order valence-corrected chi connectivity index (χ1v) is 5.60. The Balaban J connectivity index is 2.14. The minimum atomic E-state index is 0.517. The summed E-state index contributed by atoms with van der Waals surface area (Å²) in [4.78, 5) is 0. The van der Waals surface area contributed by atoms with Crippen LogP contribution in [0.1, 0.15) is 46.0 Å². The molecule has 0 aromatic heterocycles. The molecule has 0 aliphatic heterocycles. The van der Waals surface area contributed by atoms with Gasteiger partial charge in [0.1, 0.15) is 0 Å². The first-order valence-electron chi connectivity index (χ1n) is 5.60. The molecule has 0 spiro atoms. The van der Waals surface area contributed by atoms with E-state index in [1.807, 2.05) is 0 Å². The lowest BCUT2D eigenvalue weighted by Gasteiger charge is -2.27. The predicted molar refractivity (Wildman–Crippen MR) is 57.7 cm³/mol. The Morgan fingerprint density at radius 2 is 2.15 bits per heavy atom. The minimum Gasteiger partial charge on any atom is -0.330 e. The van der Waals surface area contributed by atoms with Crippen LogP contribution in [0.2, 0.25) is 0 Å². The molecule has 0 saturated heterocycles. The maximum atomic E-state index is 5.45. The molecule has 0 radical (unpaired) electrons. The van der Waals surface area contributed by atoms with E-state index in [0.29, 0.717) is 5.41 Å². The van der Waals surface area contributed by atoms with Gasteiger partial charge in [-0.15, -0.1) is 0 Å². The van der Waals surface area contributed by atoms with Gasteiger partial charge in [0.15, 0.2) is 0 Å². The summed E-state index contributed by atoms with van der Waals surface area (Å²) >= 11 is 0. The van der Waals surface area contributed by atoms with E-state index in [-0.39, 0.29) is 0 Å². The fourth-order valence-electron chi connectivity index (χ4n) is 2.25. The van der Waals surface area contributed by atoms with E-state index in [4.69, 9.17) is 5.73 Å². The van der Waals surface area contributed by atoms with Crippen molar-refractivity contribution in [3.63, 3.8) is 0 Å². The fourth-order valence-corrected chi connectivity index (χ4v) is 2.25. The van der Waals surface area contributed by atoms with E-state index in [0.717, 1.165) is 25.6 Å². The van der Waals surface area contributed by atoms with Crippen LogP contribution >= 0.6 is 0 Å². The van der Waals surface area contributed by atoms with Gasteiger partial charge in [0, 0.05) is 6.04 Å². The van der Waals surface area contributed by atoms with Gasteiger partial charge in [0.2, 0.25) is 0 Å². The number of nitrogens with one attached hydrogen (secondary N) is 1. The first kappa shape index (κ1) is 11.0. The Morgan fingerprint density at radius 1 is 1.38 bits per heavy atom.